The van der Waals surface area contributed by atoms with E-state index in [0.29, 0.717) is 12.1 Å². The first-order valence-electron chi connectivity index (χ1n) is 5.51. The van der Waals surface area contributed by atoms with Crippen molar-refractivity contribution in [3.8, 4) is 6.07 Å². The highest BCUT2D eigenvalue weighted by molar-refractivity contribution is 5.31. The molecule has 0 saturated carbocycles. The molecule has 0 saturated heterocycles. The molecule has 86 valence electrons. The molecular weight excluding hydrogens is 212 g/mol. The van der Waals surface area contributed by atoms with Crippen LogP contribution in [0.1, 0.15) is 16.8 Å². The van der Waals surface area contributed by atoms with E-state index in [4.69, 9.17) is 11.0 Å². The molecular formula is C13H14N4. The second kappa shape index (κ2) is 5.28. The third-order valence-electron chi connectivity index (χ3n) is 2.63. The largest absolute Gasteiger partial charge is 0.330 e. The first-order valence-corrected chi connectivity index (χ1v) is 5.51. The first kappa shape index (κ1) is 11.4. The fourth-order valence-corrected chi connectivity index (χ4v) is 1.73. The summed E-state index contributed by atoms with van der Waals surface area (Å²) < 4.78 is 2.08. The van der Waals surface area contributed by atoms with Gasteiger partial charge in [0.05, 0.1) is 18.0 Å². The monoisotopic (exact) mass is 226 g/mol. The number of rotatable bonds is 4. The van der Waals surface area contributed by atoms with Crippen molar-refractivity contribution in [1.82, 2.24) is 9.55 Å². The molecule has 0 spiro atoms. The molecule has 17 heavy (non-hydrogen) atoms. The van der Waals surface area contributed by atoms with Gasteiger partial charge >= 0.3 is 0 Å². The second-order valence-corrected chi connectivity index (χ2v) is 3.86. The summed E-state index contributed by atoms with van der Waals surface area (Å²) in [6.07, 6.45) is 4.48. The summed E-state index contributed by atoms with van der Waals surface area (Å²) in [6, 6.07) is 9.69. The molecule has 1 heterocycles. The molecule has 2 N–H and O–H groups in total. The lowest BCUT2D eigenvalue weighted by atomic mass is 10.1. The number of imidazole rings is 1. The van der Waals surface area contributed by atoms with Gasteiger partial charge in [-0.1, -0.05) is 12.1 Å². The molecule has 0 atom stereocenters. The summed E-state index contributed by atoms with van der Waals surface area (Å²) in [4.78, 5) is 4.13. The maximum Gasteiger partial charge on any atom is 0.0991 e. The van der Waals surface area contributed by atoms with E-state index in [1.165, 1.54) is 0 Å². The van der Waals surface area contributed by atoms with E-state index in [1.807, 2.05) is 36.8 Å². The van der Waals surface area contributed by atoms with Gasteiger partial charge in [0.25, 0.3) is 0 Å². The third kappa shape index (κ3) is 2.71. The molecule has 2 rings (SSSR count). The van der Waals surface area contributed by atoms with Crippen LogP contribution < -0.4 is 5.73 Å². The Morgan fingerprint density at radius 1 is 1.29 bits per heavy atom. The van der Waals surface area contributed by atoms with Gasteiger partial charge in [-0.2, -0.15) is 5.26 Å². The molecule has 0 fully saturated rings. The van der Waals surface area contributed by atoms with Crippen LogP contribution in [0.25, 0.3) is 0 Å². The highest BCUT2D eigenvalue weighted by atomic mass is 15.0. The number of nitrogens with two attached hydrogens (primary N) is 1. The van der Waals surface area contributed by atoms with Crippen molar-refractivity contribution in [1.29, 1.82) is 5.26 Å². The zero-order valence-electron chi connectivity index (χ0n) is 9.50. The van der Waals surface area contributed by atoms with Gasteiger partial charge in [0, 0.05) is 24.9 Å². The molecule has 0 radical (unpaired) electrons. The molecule has 4 nitrogen and oxygen atoms in total. The number of aromatic nitrogens is 2. The highest BCUT2D eigenvalue weighted by Gasteiger charge is 2.02. The van der Waals surface area contributed by atoms with Crippen LogP contribution in [0.4, 0.5) is 0 Å². The predicted octanol–water partition coefficient (Wildman–Crippen LogP) is 1.30. The molecule has 2 aromatic rings. The van der Waals surface area contributed by atoms with Crippen LogP contribution in [0.15, 0.2) is 36.8 Å². The Morgan fingerprint density at radius 2 is 2.06 bits per heavy atom. The van der Waals surface area contributed by atoms with Crippen LogP contribution in [0, 0.1) is 11.3 Å². The number of nitrogens with zero attached hydrogens (tertiary/aromatic N) is 3. The maximum absolute atomic E-state index is 8.72. The molecule has 1 aromatic heterocycles. The van der Waals surface area contributed by atoms with Crippen LogP contribution in [-0.4, -0.2) is 16.1 Å². The lowest BCUT2D eigenvalue weighted by Gasteiger charge is -2.07. The minimum atomic E-state index is 0.624. The van der Waals surface area contributed by atoms with E-state index in [2.05, 4.69) is 15.6 Å². The Kier molecular flexibility index (Phi) is 3.53. The van der Waals surface area contributed by atoms with Crippen LogP contribution in [0.2, 0.25) is 0 Å². The fourth-order valence-electron chi connectivity index (χ4n) is 1.73. The van der Waals surface area contributed by atoms with Crippen molar-refractivity contribution >= 4 is 0 Å². The SMILES string of the molecule is N#Cc1ccc(Cn2cncc2CCN)cc1. The summed E-state index contributed by atoms with van der Waals surface area (Å²) in [5.74, 6) is 0. The average molecular weight is 226 g/mol. The minimum Gasteiger partial charge on any atom is -0.330 e. The number of nitriles is 1. The Balaban J connectivity index is 2.14. The van der Waals surface area contributed by atoms with Gasteiger partial charge in [-0.05, 0) is 24.2 Å². The summed E-state index contributed by atoms with van der Waals surface area (Å²) in [6.45, 7) is 1.39. The van der Waals surface area contributed by atoms with Crippen molar-refractivity contribution < 1.29 is 0 Å². The van der Waals surface area contributed by atoms with Crippen molar-refractivity contribution in [3.63, 3.8) is 0 Å². The number of hydrogen-bond acceptors (Lipinski definition) is 3. The molecule has 0 aliphatic rings. The zero-order chi connectivity index (χ0) is 12.1. The fraction of sp³-hybridized carbons (Fsp3) is 0.231. The van der Waals surface area contributed by atoms with Gasteiger partial charge < -0.3 is 10.3 Å². The first-order chi connectivity index (χ1) is 8.33. The van der Waals surface area contributed by atoms with E-state index >= 15 is 0 Å². The second-order valence-electron chi connectivity index (χ2n) is 3.86. The highest BCUT2D eigenvalue weighted by Crippen LogP contribution is 2.08. The summed E-state index contributed by atoms with van der Waals surface area (Å²) in [5, 5.41) is 8.72. The van der Waals surface area contributed by atoms with Gasteiger partial charge in [-0.3, -0.25) is 0 Å². The standard InChI is InChI=1S/C13H14N4/c14-6-5-13-8-16-10-17(13)9-12-3-1-11(7-15)2-4-12/h1-4,8,10H,5-6,9,14H2. The van der Waals surface area contributed by atoms with E-state index in [1.54, 1.807) is 0 Å². The van der Waals surface area contributed by atoms with Crippen molar-refractivity contribution in [3.05, 3.63) is 53.6 Å². The molecule has 4 heteroatoms. The molecule has 0 aliphatic heterocycles. The lowest BCUT2D eigenvalue weighted by Crippen LogP contribution is -2.09. The summed E-state index contributed by atoms with van der Waals surface area (Å²) in [7, 11) is 0. The van der Waals surface area contributed by atoms with Crippen LogP contribution >= 0.6 is 0 Å². The summed E-state index contributed by atoms with van der Waals surface area (Å²) in [5.41, 5.74) is 8.51. The Hall–Kier alpha value is -2.12. The quantitative estimate of drug-likeness (QED) is 0.854. The van der Waals surface area contributed by atoms with Crippen LogP contribution in [0.3, 0.4) is 0 Å². The molecule has 0 aliphatic carbocycles. The molecule has 0 bridgehead atoms. The minimum absolute atomic E-state index is 0.624. The van der Waals surface area contributed by atoms with E-state index in [9.17, 15) is 0 Å². The van der Waals surface area contributed by atoms with E-state index < -0.39 is 0 Å². The predicted molar refractivity (Wildman–Crippen MR) is 65.2 cm³/mol. The van der Waals surface area contributed by atoms with Gasteiger partial charge in [0.2, 0.25) is 0 Å². The van der Waals surface area contributed by atoms with Gasteiger partial charge in [-0.25, -0.2) is 4.98 Å². The zero-order valence-corrected chi connectivity index (χ0v) is 9.50. The van der Waals surface area contributed by atoms with Gasteiger partial charge in [0.1, 0.15) is 0 Å². The van der Waals surface area contributed by atoms with Gasteiger partial charge in [0.15, 0.2) is 0 Å². The van der Waals surface area contributed by atoms with Crippen molar-refractivity contribution in [2.24, 2.45) is 5.73 Å². The Bertz CT molecular complexity index is 519. The topological polar surface area (TPSA) is 67.6 Å². The maximum atomic E-state index is 8.72. The number of benzene rings is 1. The van der Waals surface area contributed by atoms with Crippen LogP contribution in [0.5, 0.6) is 0 Å². The summed E-state index contributed by atoms with van der Waals surface area (Å²) >= 11 is 0. The molecule has 0 amide bonds. The van der Waals surface area contributed by atoms with Gasteiger partial charge in [-0.15, -0.1) is 0 Å². The number of hydrogen-bond donors (Lipinski definition) is 1. The van der Waals surface area contributed by atoms with Crippen LogP contribution in [-0.2, 0) is 13.0 Å². The molecule has 0 unspecified atom stereocenters. The van der Waals surface area contributed by atoms with E-state index in [-0.39, 0.29) is 0 Å². The smallest absolute Gasteiger partial charge is 0.0991 e. The van der Waals surface area contributed by atoms with E-state index in [0.717, 1.165) is 24.2 Å². The third-order valence-corrected chi connectivity index (χ3v) is 2.63. The normalized spacial score (nSPS) is 10.1. The van der Waals surface area contributed by atoms with Crippen molar-refractivity contribution in [2.75, 3.05) is 6.54 Å². The van der Waals surface area contributed by atoms with Crippen molar-refractivity contribution in [2.45, 2.75) is 13.0 Å². The lowest BCUT2D eigenvalue weighted by molar-refractivity contribution is 0.733. The Morgan fingerprint density at radius 3 is 2.71 bits per heavy atom. The molecule has 1 aromatic carbocycles. The Labute approximate surface area is 100 Å². The average Bonchev–Trinajstić information content (AvgIpc) is 2.78.